The normalized spacial score (nSPS) is 38.4. The molecule has 1 nitrogen and oxygen atoms in total. The quantitative estimate of drug-likeness (QED) is 0.523. The highest BCUT2D eigenvalue weighted by atomic mass is 14.9. The third-order valence-corrected chi connectivity index (χ3v) is 3.09. The van der Waals surface area contributed by atoms with E-state index < -0.39 is 0 Å². The van der Waals surface area contributed by atoms with Crippen molar-refractivity contribution >= 4 is 0 Å². The van der Waals surface area contributed by atoms with E-state index in [1.165, 1.54) is 44.2 Å². The van der Waals surface area contributed by atoms with Crippen LogP contribution in [-0.4, -0.2) is 12.6 Å². The molecule has 2 rings (SSSR count). The molecule has 0 aromatic carbocycles. The molecule has 2 aliphatic rings. The van der Waals surface area contributed by atoms with Crippen LogP contribution >= 0.6 is 0 Å². The van der Waals surface area contributed by atoms with Gasteiger partial charge in [-0.05, 0) is 44.6 Å². The maximum Gasteiger partial charge on any atom is 0.0101 e. The fourth-order valence-corrected chi connectivity index (χ4v) is 2.43. The molecule has 0 amide bonds. The highest BCUT2D eigenvalue weighted by molar-refractivity contribution is 5.04. The summed E-state index contributed by atoms with van der Waals surface area (Å²) in [5.41, 5.74) is 1.48. The summed E-state index contributed by atoms with van der Waals surface area (Å²) in [4.78, 5) is 0. The Morgan fingerprint density at radius 3 is 3.18 bits per heavy atom. The third-order valence-electron chi connectivity index (χ3n) is 3.09. The van der Waals surface area contributed by atoms with Crippen LogP contribution in [0.1, 0.15) is 32.1 Å². The predicted molar refractivity (Wildman–Crippen MR) is 47.5 cm³/mol. The summed E-state index contributed by atoms with van der Waals surface area (Å²) in [5.74, 6) is 0.921. The Labute approximate surface area is 68.9 Å². The van der Waals surface area contributed by atoms with Gasteiger partial charge >= 0.3 is 0 Å². The van der Waals surface area contributed by atoms with Crippen molar-refractivity contribution in [3.05, 3.63) is 12.2 Å². The molecular weight excluding hydrogens is 134 g/mol. The Kier molecular flexibility index (Phi) is 1.99. The molecule has 2 atom stereocenters. The molecule has 2 fully saturated rings. The van der Waals surface area contributed by atoms with Crippen molar-refractivity contribution in [2.75, 3.05) is 6.54 Å². The predicted octanol–water partition coefficient (Wildman–Crippen LogP) is 2.09. The zero-order valence-corrected chi connectivity index (χ0v) is 7.10. The molecule has 62 valence electrons. The van der Waals surface area contributed by atoms with Crippen LogP contribution in [0.15, 0.2) is 12.2 Å². The molecule has 11 heavy (non-hydrogen) atoms. The smallest absolute Gasteiger partial charge is 0.0101 e. The van der Waals surface area contributed by atoms with Crippen LogP contribution in [0.4, 0.5) is 0 Å². The number of hydrogen-bond donors (Lipinski definition) is 1. The van der Waals surface area contributed by atoms with E-state index in [4.69, 9.17) is 0 Å². The third kappa shape index (κ3) is 1.48. The minimum absolute atomic E-state index is 0.828. The van der Waals surface area contributed by atoms with E-state index >= 15 is 0 Å². The average molecular weight is 151 g/mol. The van der Waals surface area contributed by atoms with E-state index in [2.05, 4.69) is 11.9 Å². The number of hydrogen-bond acceptors (Lipinski definition) is 1. The lowest BCUT2D eigenvalue weighted by atomic mass is 9.78. The van der Waals surface area contributed by atoms with E-state index in [9.17, 15) is 0 Å². The lowest BCUT2D eigenvalue weighted by Crippen LogP contribution is -2.43. The first kappa shape index (κ1) is 7.35. The van der Waals surface area contributed by atoms with Crippen molar-refractivity contribution in [2.24, 2.45) is 5.92 Å². The minimum Gasteiger partial charge on any atom is -0.314 e. The van der Waals surface area contributed by atoms with Gasteiger partial charge in [0.05, 0.1) is 0 Å². The minimum atomic E-state index is 0.828. The Hall–Kier alpha value is -0.300. The zero-order chi connectivity index (χ0) is 7.68. The summed E-state index contributed by atoms with van der Waals surface area (Å²) in [5, 5.41) is 3.60. The van der Waals surface area contributed by atoms with Crippen molar-refractivity contribution < 1.29 is 0 Å². The molecule has 0 spiro atoms. The molecule has 1 saturated heterocycles. The summed E-state index contributed by atoms with van der Waals surface area (Å²) >= 11 is 0. The van der Waals surface area contributed by atoms with Crippen molar-refractivity contribution in [2.45, 2.75) is 38.1 Å². The van der Waals surface area contributed by atoms with Crippen LogP contribution in [-0.2, 0) is 0 Å². The average Bonchev–Trinajstić information content (AvgIpc) is 2.04. The SMILES string of the molecule is C=C1CCC2NCCCC2C1. The lowest BCUT2D eigenvalue weighted by molar-refractivity contribution is 0.242. The second kappa shape index (κ2) is 2.98. The summed E-state index contributed by atoms with van der Waals surface area (Å²) in [7, 11) is 0. The van der Waals surface area contributed by atoms with E-state index in [0.717, 1.165) is 12.0 Å². The molecule has 1 heteroatoms. The van der Waals surface area contributed by atoms with Gasteiger partial charge in [0.25, 0.3) is 0 Å². The molecule has 1 heterocycles. The van der Waals surface area contributed by atoms with E-state index in [1.54, 1.807) is 0 Å². The van der Waals surface area contributed by atoms with Gasteiger partial charge in [-0.2, -0.15) is 0 Å². The molecule has 1 aliphatic heterocycles. The zero-order valence-electron chi connectivity index (χ0n) is 7.10. The van der Waals surface area contributed by atoms with E-state index in [-0.39, 0.29) is 0 Å². The molecule has 0 aromatic heterocycles. The monoisotopic (exact) mass is 151 g/mol. The molecule has 0 radical (unpaired) electrons. The van der Waals surface area contributed by atoms with Gasteiger partial charge in [-0.1, -0.05) is 12.2 Å². The molecule has 1 aliphatic carbocycles. The van der Waals surface area contributed by atoms with Gasteiger partial charge in [0.15, 0.2) is 0 Å². The Balaban J connectivity index is 1.98. The first-order valence-corrected chi connectivity index (χ1v) is 4.76. The maximum absolute atomic E-state index is 4.08. The summed E-state index contributed by atoms with van der Waals surface area (Å²) in [6, 6.07) is 0.828. The number of allylic oxidation sites excluding steroid dienone is 1. The lowest BCUT2D eigenvalue weighted by Gasteiger charge is -2.37. The van der Waals surface area contributed by atoms with Crippen molar-refractivity contribution in [1.29, 1.82) is 0 Å². The first-order chi connectivity index (χ1) is 5.36. The van der Waals surface area contributed by atoms with Crippen molar-refractivity contribution in [1.82, 2.24) is 5.32 Å². The molecule has 2 unspecified atom stereocenters. The van der Waals surface area contributed by atoms with Crippen LogP contribution in [0.2, 0.25) is 0 Å². The largest absolute Gasteiger partial charge is 0.314 e. The molecule has 0 aromatic rings. The van der Waals surface area contributed by atoms with Crippen LogP contribution in [0, 0.1) is 5.92 Å². The van der Waals surface area contributed by atoms with Gasteiger partial charge in [-0.3, -0.25) is 0 Å². The Morgan fingerprint density at radius 1 is 1.36 bits per heavy atom. The van der Waals surface area contributed by atoms with Gasteiger partial charge < -0.3 is 5.32 Å². The van der Waals surface area contributed by atoms with Gasteiger partial charge in [0.1, 0.15) is 0 Å². The maximum atomic E-state index is 4.08. The van der Waals surface area contributed by atoms with Gasteiger partial charge in [-0.25, -0.2) is 0 Å². The fourth-order valence-electron chi connectivity index (χ4n) is 2.43. The first-order valence-electron chi connectivity index (χ1n) is 4.76. The highest BCUT2D eigenvalue weighted by Gasteiger charge is 2.28. The second-order valence-corrected chi connectivity index (χ2v) is 3.96. The molecule has 0 bridgehead atoms. The van der Waals surface area contributed by atoms with Gasteiger partial charge in [0.2, 0.25) is 0 Å². The number of fused-ring (bicyclic) bond motifs is 1. The summed E-state index contributed by atoms with van der Waals surface area (Å²) in [6.45, 7) is 5.32. The van der Waals surface area contributed by atoms with Crippen LogP contribution in [0.3, 0.4) is 0 Å². The highest BCUT2D eigenvalue weighted by Crippen LogP contribution is 2.32. The Morgan fingerprint density at radius 2 is 2.27 bits per heavy atom. The fraction of sp³-hybridized carbons (Fsp3) is 0.800. The topological polar surface area (TPSA) is 12.0 Å². The van der Waals surface area contributed by atoms with E-state index in [0.29, 0.717) is 0 Å². The van der Waals surface area contributed by atoms with Crippen LogP contribution in [0.25, 0.3) is 0 Å². The van der Waals surface area contributed by atoms with Crippen molar-refractivity contribution in [3.8, 4) is 0 Å². The Bertz CT molecular complexity index is 162. The molecule has 1 N–H and O–H groups in total. The standard InChI is InChI=1S/C10H17N/c1-8-4-5-10-9(7-8)3-2-6-11-10/h9-11H,1-7H2. The number of piperidine rings is 1. The second-order valence-electron chi connectivity index (χ2n) is 3.96. The van der Waals surface area contributed by atoms with Crippen molar-refractivity contribution in [3.63, 3.8) is 0 Å². The summed E-state index contributed by atoms with van der Waals surface area (Å²) < 4.78 is 0. The van der Waals surface area contributed by atoms with Gasteiger partial charge in [-0.15, -0.1) is 0 Å². The summed E-state index contributed by atoms with van der Waals surface area (Å²) in [6.07, 6.45) is 6.68. The molecule has 1 saturated carbocycles. The van der Waals surface area contributed by atoms with Crippen LogP contribution < -0.4 is 5.32 Å². The number of nitrogens with one attached hydrogen (secondary N) is 1. The molecular formula is C10H17N. The number of rotatable bonds is 0. The van der Waals surface area contributed by atoms with E-state index in [1.807, 2.05) is 0 Å². The van der Waals surface area contributed by atoms with Crippen LogP contribution in [0.5, 0.6) is 0 Å². The van der Waals surface area contributed by atoms with Gasteiger partial charge in [0, 0.05) is 6.04 Å².